The van der Waals surface area contributed by atoms with E-state index in [9.17, 15) is 4.79 Å². The van der Waals surface area contributed by atoms with Crippen LogP contribution in [0, 0.1) is 5.92 Å². The van der Waals surface area contributed by atoms with Crippen molar-refractivity contribution in [3.8, 4) is 0 Å². The molecule has 11 heavy (non-hydrogen) atoms. The van der Waals surface area contributed by atoms with Crippen LogP contribution in [0.25, 0.3) is 0 Å². The first-order valence-corrected chi connectivity index (χ1v) is 4.08. The summed E-state index contributed by atoms with van der Waals surface area (Å²) in [4.78, 5) is 11.3. The van der Waals surface area contributed by atoms with E-state index < -0.39 is 0 Å². The fourth-order valence-corrected chi connectivity index (χ4v) is 1.12. The third-order valence-electron chi connectivity index (χ3n) is 1.81. The topological polar surface area (TPSA) is 38.3 Å². The van der Waals surface area contributed by atoms with Crippen LogP contribution in [0.5, 0.6) is 0 Å². The minimum absolute atomic E-state index is 0.0832. The van der Waals surface area contributed by atoms with Gasteiger partial charge in [-0.2, -0.15) is 0 Å². The van der Waals surface area contributed by atoms with E-state index in [1.54, 1.807) is 0 Å². The Hall–Kier alpha value is -0.410. The fourth-order valence-electron chi connectivity index (χ4n) is 1.12. The van der Waals surface area contributed by atoms with Gasteiger partial charge in [0, 0.05) is 19.0 Å². The molecule has 1 fully saturated rings. The highest BCUT2D eigenvalue weighted by molar-refractivity contribution is 5.85. The lowest BCUT2D eigenvalue weighted by Gasteiger charge is -2.23. The predicted molar refractivity (Wildman–Crippen MR) is 42.5 cm³/mol. The second kappa shape index (κ2) is 3.83. The number of Topliss-reactive ketones (excluding diaryl/α,β-unsaturated/α-hetero) is 1. The minimum atomic E-state index is -0.205. The van der Waals surface area contributed by atoms with Crippen LogP contribution in [0.1, 0.15) is 13.8 Å². The summed E-state index contributed by atoms with van der Waals surface area (Å²) in [6, 6.07) is 0. The van der Waals surface area contributed by atoms with Gasteiger partial charge in [0.2, 0.25) is 0 Å². The van der Waals surface area contributed by atoms with E-state index in [-0.39, 0.29) is 17.8 Å². The van der Waals surface area contributed by atoms with Crippen LogP contribution in [-0.2, 0) is 9.53 Å². The van der Waals surface area contributed by atoms with Gasteiger partial charge in [-0.3, -0.25) is 4.79 Å². The summed E-state index contributed by atoms with van der Waals surface area (Å²) in [6.45, 7) is 6.00. The lowest BCUT2D eigenvalue weighted by molar-refractivity contribution is -0.135. The van der Waals surface area contributed by atoms with E-state index >= 15 is 0 Å². The van der Waals surface area contributed by atoms with E-state index in [4.69, 9.17) is 4.74 Å². The maximum atomic E-state index is 11.3. The van der Waals surface area contributed by atoms with Crippen molar-refractivity contribution in [3.05, 3.63) is 0 Å². The van der Waals surface area contributed by atoms with Gasteiger partial charge >= 0.3 is 0 Å². The minimum Gasteiger partial charge on any atom is -0.368 e. The third-order valence-corrected chi connectivity index (χ3v) is 1.81. The molecule has 0 aromatic carbocycles. The van der Waals surface area contributed by atoms with Crippen LogP contribution in [0.3, 0.4) is 0 Å². The number of ether oxygens (including phenoxy) is 1. The quantitative estimate of drug-likeness (QED) is 0.622. The van der Waals surface area contributed by atoms with Crippen LogP contribution < -0.4 is 5.32 Å². The molecular weight excluding hydrogens is 142 g/mol. The lowest BCUT2D eigenvalue weighted by atomic mass is 10.0. The van der Waals surface area contributed by atoms with Crippen LogP contribution in [0.15, 0.2) is 0 Å². The second-order valence-corrected chi connectivity index (χ2v) is 3.12. The molecule has 1 N–H and O–H groups in total. The summed E-state index contributed by atoms with van der Waals surface area (Å²) in [5.74, 6) is 0.289. The van der Waals surface area contributed by atoms with Crippen LogP contribution in [0.4, 0.5) is 0 Å². The number of morpholine rings is 1. The van der Waals surface area contributed by atoms with Gasteiger partial charge in [-0.1, -0.05) is 13.8 Å². The number of carbonyl (C=O) groups excluding carboxylic acids is 1. The Kier molecular flexibility index (Phi) is 3.02. The van der Waals surface area contributed by atoms with Gasteiger partial charge in [-0.15, -0.1) is 0 Å². The van der Waals surface area contributed by atoms with Gasteiger partial charge in [0.15, 0.2) is 5.78 Å². The average Bonchev–Trinajstić information content (AvgIpc) is 2.05. The van der Waals surface area contributed by atoms with Crippen LogP contribution >= 0.6 is 0 Å². The number of ketones is 1. The first-order chi connectivity index (χ1) is 5.22. The van der Waals surface area contributed by atoms with E-state index in [0.717, 1.165) is 6.54 Å². The molecule has 0 amide bonds. The van der Waals surface area contributed by atoms with Crippen molar-refractivity contribution < 1.29 is 9.53 Å². The Balaban J connectivity index is 2.39. The molecule has 0 aliphatic carbocycles. The smallest absolute Gasteiger partial charge is 0.165 e. The first-order valence-electron chi connectivity index (χ1n) is 4.08. The number of hydrogen-bond donors (Lipinski definition) is 1. The van der Waals surface area contributed by atoms with Crippen molar-refractivity contribution in [2.75, 3.05) is 19.7 Å². The van der Waals surface area contributed by atoms with Crippen molar-refractivity contribution >= 4 is 5.78 Å². The highest BCUT2D eigenvalue weighted by Gasteiger charge is 2.23. The Labute approximate surface area is 67.1 Å². The molecule has 3 nitrogen and oxygen atoms in total. The standard InChI is InChI=1S/C8H15NO2/c1-6(2)8(10)7-5-9-3-4-11-7/h6-7,9H,3-5H2,1-2H3/t7-/m0/s1. The number of rotatable bonds is 2. The van der Waals surface area contributed by atoms with Crippen molar-refractivity contribution in [3.63, 3.8) is 0 Å². The van der Waals surface area contributed by atoms with Crippen LogP contribution in [-0.4, -0.2) is 31.6 Å². The maximum Gasteiger partial charge on any atom is 0.165 e. The lowest BCUT2D eigenvalue weighted by Crippen LogP contribution is -2.44. The Morgan fingerprint density at radius 1 is 1.64 bits per heavy atom. The third kappa shape index (κ3) is 2.27. The molecule has 1 aliphatic rings. The molecule has 0 bridgehead atoms. The molecule has 1 aliphatic heterocycles. The maximum absolute atomic E-state index is 11.3. The zero-order chi connectivity index (χ0) is 8.27. The Morgan fingerprint density at radius 3 is 2.82 bits per heavy atom. The van der Waals surface area contributed by atoms with Gasteiger partial charge in [0.05, 0.1) is 6.61 Å². The summed E-state index contributed by atoms with van der Waals surface area (Å²) in [6.07, 6.45) is -0.205. The molecule has 0 radical (unpaired) electrons. The highest BCUT2D eigenvalue weighted by Crippen LogP contribution is 2.04. The normalized spacial score (nSPS) is 25.5. The molecule has 0 spiro atoms. The highest BCUT2D eigenvalue weighted by atomic mass is 16.5. The zero-order valence-electron chi connectivity index (χ0n) is 7.09. The van der Waals surface area contributed by atoms with Gasteiger partial charge in [-0.05, 0) is 0 Å². The number of nitrogens with one attached hydrogen (secondary N) is 1. The zero-order valence-corrected chi connectivity index (χ0v) is 7.09. The average molecular weight is 157 g/mol. The van der Waals surface area contributed by atoms with Gasteiger partial charge in [0.1, 0.15) is 6.10 Å². The number of carbonyl (C=O) groups is 1. The van der Waals surface area contributed by atoms with E-state index in [1.165, 1.54) is 0 Å². The Bertz CT molecular complexity index is 139. The largest absolute Gasteiger partial charge is 0.368 e. The fraction of sp³-hybridized carbons (Fsp3) is 0.875. The van der Waals surface area contributed by atoms with Gasteiger partial charge in [0.25, 0.3) is 0 Å². The molecule has 0 aromatic heterocycles. The second-order valence-electron chi connectivity index (χ2n) is 3.12. The molecule has 1 saturated heterocycles. The monoisotopic (exact) mass is 157 g/mol. The molecule has 64 valence electrons. The van der Waals surface area contributed by atoms with Crippen molar-refractivity contribution in [1.29, 1.82) is 0 Å². The summed E-state index contributed by atoms with van der Waals surface area (Å²) >= 11 is 0. The van der Waals surface area contributed by atoms with Gasteiger partial charge < -0.3 is 10.1 Å². The van der Waals surface area contributed by atoms with Crippen LogP contribution in [0.2, 0.25) is 0 Å². The summed E-state index contributed by atoms with van der Waals surface area (Å²) in [7, 11) is 0. The Morgan fingerprint density at radius 2 is 2.36 bits per heavy atom. The molecule has 1 rings (SSSR count). The van der Waals surface area contributed by atoms with Crippen molar-refractivity contribution in [2.45, 2.75) is 20.0 Å². The van der Waals surface area contributed by atoms with E-state index in [1.807, 2.05) is 13.8 Å². The van der Waals surface area contributed by atoms with Crippen molar-refractivity contribution in [1.82, 2.24) is 5.32 Å². The SMILES string of the molecule is CC(C)C(=O)[C@@H]1CNCCO1. The van der Waals surface area contributed by atoms with E-state index in [2.05, 4.69) is 5.32 Å². The molecule has 0 saturated carbocycles. The van der Waals surface area contributed by atoms with Gasteiger partial charge in [-0.25, -0.2) is 0 Å². The number of hydrogen-bond acceptors (Lipinski definition) is 3. The van der Waals surface area contributed by atoms with Crippen molar-refractivity contribution in [2.24, 2.45) is 5.92 Å². The summed E-state index contributed by atoms with van der Waals surface area (Å²) < 4.78 is 5.29. The summed E-state index contributed by atoms with van der Waals surface area (Å²) in [5.41, 5.74) is 0. The molecular formula is C8H15NO2. The first kappa shape index (κ1) is 8.68. The summed E-state index contributed by atoms with van der Waals surface area (Å²) in [5, 5.41) is 3.12. The molecule has 3 heteroatoms. The molecule has 0 unspecified atom stereocenters. The predicted octanol–water partition coefficient (Wildman–Crippen LogP) is 0.200. The molecule has 1 heterocycles. The van der Waals surface area contributed by atoms with E-state index in [0.29, 0.717) is 13.2 Å². The molecule has 0 aromatic rings. The molecule has 1 atom stereocenters.